The number of aromatic nitrogens is 2. The van der Waals surface area contributed by atoms with Gasteiger partial charge >= 0.3 is 0 Å². The van der Waals surface area contributed by atoms with Crippen LogP contribution in [0.25, 0.3) is 10.9 Å². The first kappa shape index (κ1) is 14.6. The number of para-hydroxylation sites is 1. The highest BCUT2D eigenvalue weighted by molar-refractivity contribution is 7.07. The lowest BCUT2D eigenvalue weighted by Gasteiger charge is -2.29. The average molecular weight is 325 g/mol. The Hall–Kier alpha value is -1.98. The van der Waals surface area contributed by atoms with Crippen molar-refractivity contribution in [1.82, 2.24) is 14.9 Å². The Morgan fingerprint density at radius 1 is 1.35 bits per heavy atom. The number of nitrogens with zero attached hydrogens (tertiary/aromatic N) is 2. The summed E-state index contributed by atoms with van der Waals surface area (Å²) in [6.07, 6.45) is 2.35. The highest BCUT2D eigenvalue weighted by Crippen LogP contribution is 2.38. The second-order valence-corrected chi connectivity index (χ2v) is 6.88. The molecule has 0 spiro atoms. The fourth-order valence-corrected chi connectivity index (χ4v) is 4.24. The van der Waals surface area contributed by atoms with Crippen LogP contribution in [0.1, 0.15) is 43.2 Å². The van der Waals surface area contributed by atoms with Crippen LogP contribution < -0.4 is 5.56 Å². The molecule has 0 saturated carbocycles. The van der Waals surface area contributed by atoms with E-state index in [0.29, 0.717) is 11.4 Å². The Kier molecular flexibility index (Phi) is 3.75. The topological polar surface area (TPSA) is 49.0 Å². The second-order valence-electron chi connectivity index (χ2n) is 6.10. The molecule has 5 heteroatoms. The van der Waals surface area contributed by atoms with Crippen LogP contribution in [-0.4, -0.2) is 21.4 Å². The molecule has 2 atom stereocenters. The molecule has 2 aromatic heterocycles. The smallest absolute Gasteiger partial charge is 0.258 e. The highest BCUT2D eigenvalue weighted by atomic mass is 32.1. The summed E-state index contributed by atoms with van der Waals surface area (Å²) in [4.78, 5) is 22.5. The molecule has 1 saturated heterocycles. The maximum Gasteiger partial charge on any atom is 0.258 e. The Morgan fingerprint density at radius 3 is 3.04 bits per heavy atom. The lowest BCUT2D eigenvalue weighted by Crippen LogP contribution is -2.29. The normalized spacial score (nSPS) is 20.1. The molecule has 1 fully saturated rings. The number of hydrogen-bond acceptors (Lipinski definition) is 4. The fraction of sp³-hybridized carbons (Fsp3) is 0.333. The van der Waals surface area contributed by atoms with E-state index in [9.17, 15) is 4.79 Å². The van der Waals surface area contributed by atoms with Crippen LogP contribution in [0.3, 0.4) is 0 Å². The molecule has 0 aliphatic carbocycles. The Morgan fingerprint density at radius 2 is 2.22 bits per heavy atom. The molecule has 1 aromatic carbocycles. The third-order valence-corrected chi connectivity index (χ3v) is 5.45. The number of likely N-dealkylation sites (tertiary alicyclic amines) is 1. The van der Waals surface area contributed by atoms with Crippen LogP contribution in [0.4, 0.5) is 0 Å². The Bertz CT molecular complexity index is 871. The van der Waals surface area contributed by atoms with Gasteiger partial charge in [0, 0.05) is 6.04 Å². The monoisotopic (exact) mass is 325 g/mol. The third-order valence-electron chi connectivity index (χ3n) is 4.75. The van der Waals surface area contributed by atoms with Crippen molar-refractivity contribution >= 4 is 22.2 Å². The number of fused-ring (bicyclic) bond motifs is 1. The molecule has 23 heavy (non-hydrogen) atoms. The van der Waals surface area contributed by atoms with Gasteiger partial charge in [0.2, 0.25) is 0 Å². The lowest BCUT2D eigenvalue weighted by atomic mass is 10.1. The standard InChI is InChI=1S/C18H19N3OS/c1-12(21-9-4-7-16(21)13-8-10-23-11-13)17-19-15-6-3-2-5-14(15)18(22)20-17/h2-3,5-6,8,10-12,16H,4,7,9H2,1H3,(H,19,20,22)/t12-,16-/m1/s1. The van der Waals surface area contributed by atoms with Crippen molar-refractivity contribution in [2.45, 2.75) is 31.8 Å². The minimum Gasteiger partial charge on any atom is -0.309 e. The maximum atomic E-state index is 12.3. The van der Waals surface area contributed by atoms with Gasteiger partial charge in [0.05, 0.1) is 16.9 Å². The van der Waals surface area contributed by atoms with Crippen molar-refractivity contribution in [2.75, 3.05) is 6.54 Å². The van der Waals surface area contributed by atoms with Gasteiger partial charge in [0.25, 0.3) is 5.56 Å². The van der Waals surface area contributed by atoms with Gasteiger partial charge in [0.15, 0.2) is 0 Å². The van der Waals surface area contributed by atoms with E-state index in [-0.39, 0.29) is 11.6 Å². The van der Waals surface area contributed by atoms with Gasteiger partial charge in [-0.25, -0.2) is 4.98 Å². The zero-order valence-electron chi connectivity index (χ0n) is 13.0. The van der Waals surface area contributed by atoms with Gasteiger partial charge < -0.3 is 4.98 Å². The summed E-state index contributed by atoms with van der Waals surface area (Å²) in [5.74, 6) is 0.760. The van der Waals surface area contributed by atoms with Gasteiger partial charge in [-0.1, -0.05) is 12.1 Å². The predicted molar refractivity (Wildman–Crippen MR) is 93.8 cm³/mol. The van der Waals surface area contributed by atoms with Crippen LogP contribution in [0.5, 0.6) is 0 Å². The Balaban J connectivity index is 1.71. The highest BCUT2D eigenvalue weighted by Gasteiger charge is 2.31. The van der Waals surface area contributed by atoms with Crippen molar-refractivity contribution in [3.05, 3.63) is 62.8 Å². The molecular weight excluding hydrogens is 306 g/mol. The Labute approximate surface area is 138 Å². The van der Waals surface area contributed by atoms with Gasteiger partial charge in [-0.2, -0.15) is 11.3 Å². The summed E-state index contributed by atoms with van der Waals surface area (Å²) in [5, 5.41) is 5.01. The molecule has 4 nitrogen and oxygen atoms in total. The van der Waals surface area contributed by atoms with Crippen LogP contribution in [0.15, 0.2) is 45.9 Å². The molecule has 0 radical (unpaired) electrons. The summed E-state index contributed by atoms with van der Waals surface area (Å²) in [5.41, 5.74) is 2.09. The molecule has 0 bridgehead atoms. The number of rotatable bonds is 3. The largest absolute Gasteiger partial charge is 0.309 e. The van der Waals surface area contributed by atoms with Crippen LogP contribution in [0, 0.1) is 0 Å². The van der Waals surface area contributed by atoms with Crippen LogP contribution >= 0.6 is 11.3 Å². The zero-order valence-corrected chi connectivity index (χ0v) is 13.8. The number of H-pyrrole nitrogens is 1. The first-order valence-corrected chi connectivity index (χ1v) is 8.95. The molecule has 1 aliphatic rings. The van der Waals surface area contributed by atoms with E-state index in [1.54, 1.807) is 11.3 Å². The molecule has 0 amide bonds. The summed E-state index contributed by atoms with van der Waals surface area (Å²) in [6, 6.07) is 10.2. The third kappa shape index (κ3) is 2.60. The number of thiophene rings is 1. The summed E-state index contributed by atoms with van der Waals surface area (Å²) >= 11 is 1.74. The minimum atomic E-state index is -0.0521. The van der Waals surface area contributed by atoms with E-state index < -0.39 is 0 Å². The molecule has 118 valence electrons. The van der Waals surface area contributed by atoms with E-state index in [1.165, 1.54) is 18.4 Å². The van der Waals surface area contributed by atoms with Gasteiger partial charge in [-0.3, -0.25) is 9.69 Å². The maximum absolute atomic E-state index is 12.3. The molecular formula is C18H19N3OS. The molecule has 1 N–H and O–H groups in total. The van der Waals surface area contributed by atoms with E-state index >= 15 is 0 Å². The average Bonchev–Trinajstić information content (AvgIpc) is 3.25. The minimum absolute atomic E-state index is 0.0521. The van der Waals surface area contributed by atoms with E-state index in [0.717, 1.165) is 17.9 Å². The molecule has 1 aliphatic heterocycles. The molecule has 0 unspecified atom stereocenters. The van der Waals surface area contributed by atoms with Crippen molar-refractivity contribution in [3.63, 3.8) is 0 Å². The zero-order chi connectivity index (χ0) is 15.8. The van der Waals surface area contributed by atoms with Crippen molar-refractivity contribution in [1.29, 1.82) is 0 Å². The predicted octanol–water partition coefficient (Wildman–Crippen LogP) is 3.88. The SMILES string of the molecule is C[C@H](c1nc2ccccc2c(=O)[nH]1)N1CCC[C@@H]1c1ccsc1. The first-order chi connectivity index (χ1) is 11.2. The van der Waals surface area contributed by atoms with Crippen LogP contribution in [0.2, 0.25) is 0 Å². The van der Waals surface area contributed by atoms with Crippen molar-refractivity contribution < 1.29 is 0 Å². The lowest BCUT2D eigenvalue weighted by molar-refractivity contribution is 0.187. The van der Waals surface area contributed by atoms with Gasteiger partial charge in [-0.05, 0) is 60.8 Å². The summed E-state index contributed by atoms with van der Waals surface area (Å²) in [7, 11) is 0. The number of benzene rings is 1. The molecule has 4 rings (SSSR count). The van der Waals surface area contributed by atoms with E-state index in [2.05, 4.69) is 33.6 Å². The van der Waals surface area contributed by atoms with Crippen molar-refractivity contribution in [2.24, 2.45) is 0 Å². The summed E-state index contributed by atoms with van der Waals surface area (Å²) < 4.78 is 0. The summed E-state index contributed by atoms with van der Waals surface area (Å²) in [6.45, 7) is 3.18. The number of aromatic amines is 1. The molecule has 3 heterocycles. The van der Waals surface area contributed by atoms with Crippen LogP contribution in [-0.2, 0) is 0 Å². The molecule has 3 aromatic rings. The second kappa shape index (κ2) is 5.91. The van der Waals surface area contributed by atoms with E-state index in [1.807, 2.05) is 24.3 Å². The fourth-order valence-electron chi connectivity index (χ4n) is 3.53. The van der Waals surface area contributed by atoms with Gasteiger partial charge in [0.1, 0.15) is 5.82 Å². The first-order valence-electron chi connectivity index (χ1n) is 8.01. The van der Waals surface area contributed by atoms with E-state index in [4.69, 9.17) is 4.98 Å². The number of hydrogen-bond donors (Lipinski definition) is 1. The van der Waals surface area contributed by atoms with Gasteiger partial charge in [-0.15, -0.1) is 0 Å². The number of nitrogens with one attached hydrogen (secondary N) is 1. The van der Waals surface area contributed by atoms with Crippen molar-refractivity contribution in [3.8, 4) is 0 Å². The quantitative estimate of drug-likeness (QED) is 0.795.